The maximum Gasteiger partial charge on any atom is 0.416 e. The standard InChI is InChI=1S/C20H19F3N4O4/c21-20(22,23)14-5-3-13(4-6-14)18-24-19(31-25-18)17-9-16(28)11-26(17)10-12-1-7-15(8-2-12)27(29)30/h1-8,16-17,27-29H,9-11H2. The van der Waals surface area contributed by atoms with Crippen LogP contribution in [-0.4, -0.2) is 38.0 Å². The zero-order valence-electron chi connectivity index (χ0n) is 16.1. The smallest absolute Gasteiger partial charge is 0.416 e. The van der Waals surface area contributed by atoms with E-state index in [1.54, 1.807) is 12.1 Å². The Labute approximate surface area is 174 Å². The van der Waals surface area contributed by atoms with Crippen molar-refractivity contribution in [3.05, 3.63) is 70.8 Å². The minimum absolute atomic E-state index is 0.163. The van der Waals surface area contributed by atoms with Gasteiger partial charge in [0.05, 0.1) is 17.7 Å². The lowest BCUT2D eigenvalue weighted by atomic mass is 10.1. The number of alkyl halides is 3. The Morgan fingerprint density at radius 3 is 2.42 bits per heavy atom. The summed E-state index contributed by atoms with van der Waals surface area (Å²) in [6.07, 6.45) is -4.67. The van der Waals surface area contributed by atoms with Crippen LogP contribution in [0.2, 0.25) is 0 Å². The molecule has 1 fully saturated rings. The molecule has 164 valence electrons. The minimum atomic E-state index is -4.43. The molecule has 0 bridgehead atoms. The molecule has 1 aliphatic heterocycles. The van der Waals surface area contributed by atoms with Crippen molar-refractivity contribution in [3.63, 3.8) is 0 Å². The summed E-state index contributed by atoms with van der Waals surface area (Å²) in [6.45, 7) is 0.795. The van der Waals surface area contributed by atoms with E-state index in [2.05, 4.69) is 10.1 Å². The number of halogens is 3. The van der Waals surface area contributed by atoms with Gasteiger partial charge < -0.3 is 14.8 Å². The number of aliphatic hydroxyl groups is 1. The number of hydrogen-bond donors (Lipinski definition) is 3. The highest BCUT2D eigenvalue weighted by molar-refractivity contribution is 5.54. The normalized spacial score (nSPS) is 20.8. The summed E-state index contributed by atoms with van der Waals surface area (Å²) in [5, 5.41) is 33.0. The van der Waals surface area contributed by atoms with Gasteiger partial charge >= 0.3 is 6.18 Å². The number of benzene rings is 2. The second kappa shape index (κ2) is 8.36. The monoisotopic (exact) mass is 436 g/mol. The molecule has 0 radical (unpaired) electrons. The van der Waals surface area contributed by atoms with E-state index >= 15 is 0 Å². The van der Waals surface area contributed by atoms with Crippen molar-refractivity contribution in [1.29, 1.82) is 0 Å². The van der Waals surface area contributed by atoms with Gasteiger partial charge in [0.2, 0.25) is 11.7 Å². The molecule has 1 saturated heterocycles. The maximum absolute atomic E-state index is 12.7. The number of nitrogens with zero attached hydrogens (tertiary/aromatic N) is 3. The zero-order chi connectivity index (χ0) is 22.2. The molecule has 11 heteroatoms. The molecule has 3 atom stereocenters. The Hall–Kier alpha value is -2.83. The van der Waals surface area contributed by atoms with Crippen LogP contribution in [0.25, 0.3) is 11.4 Å². The van der Waals surface area contributed by atoms with E-state index in [1.165, 1.54) is 24.3 Å². The van der Waals surface area contributed by atoms with Crippen LogP contribution < -0.4 is 5.23 Å². The highest BCUT2D eigenvalue weighted by Gasteiger charge is 2.36. The van der Waals surface area contributed by atoms with Gasteiger partial charge in [-0.2, -0.15) is 23.4 Å². The third kappa shape index (κ3) is 4.75. The molecule has 3 aromatic rings. The SMILES string of the molecule is [O-][NH+](O)c1ccc(CN2CC(O)CC2c2nc(-c3ccc(C(F)(F)F)cc3)no2)cc1. The van der Waals surface area contributed by atoms with Crippen LogP contribution in [0.5, 0.6) is 0 Å². The first-order chi connectivity index (χ1) is 14.7. The second-order valence-electron chi connectivity index (χ2n) is 7.37. The zero-order valence-corrected chi connectivity index (χ0v) is 16.1. The fraction of sp³-hybridized carbons (Fsp3) is 0.300. The molecule has 2 aromatic carbocycles. The molecule has 0 aliphatic carbocycles. The summed E-state index contributed by atoms with van der Waals surface area (Å²) >= 11 is 0. The lowest BCUT2D eigenvalue weighted by Crippen LogP contribution is -2.99. The number of quaternary nitrogens is 1. The van der Waals surface area contributed by atoms with Gasteiger partial charge in [-0.25, -0.2) is 5.21 Å². The van der Waals surface area contributed by atoms with E-state index in [-0.39, 0.29) is 23.4 Å². The molecule has 1 aromatic heterocycles. The molecule has 3 unspecified atom stereocenters. The number of aromatic nitrogens is 2. The Bertz CT molecular complexity index is 1020. The van der Waals surface area contributed by atoms with Gasteiger partial charge in [0.15, 0.2) is 5.69 Å². The van der Waals surface area contributed by atoms with Crippen LogP contribution >= 0.6 is 0 Å². The molecule has 1 aliphatic rings. The Kier molecular flexibility index (Phi) is 5.77. The molecule has 0 amide bonds. The molecule has 0 saturated carbocycles. The number of likely N-dealkylation sites (tertiary alicyclic amines) is 1. The summed E-state index contributed by atoms with van der Waals surface area (Å²) in [5.41, 5.74) is 0.655. The first kappa shape index (κ1) is 21.4. The number of nitrogens with one attached hydrogen (secondary N) is 1. The van der Waals surface area contributed by atoms with Crippen molar-refractivity contribution in [1.82, 2.24) is 15.0 Å². The number of hydrogen-bond acceptors (Lipinski definition) is 7. The largest absolute Gasteiger partial charge is 0.595 e. The van der Waals surface area contributed by atoms with Gasteiger partial charge in [-0.15, -0.1) is 0 Å². The molecule has 3 N–H and O–H groups in total. The number of rotatable bonds is 5. The van der Waals surface area contributed by atoms with E-state index in [0.29, 0.717) is 25.1 Å². The minimum Gasteiger partial charge on any atom is -0.595 e. The molecule has 4 rings (SSSR count). The van der Waals surface area contributed by atoms with Gasteiger partial charge in [-0.3, -0.25) is 4.90 Å². The Balaban J connectivity index is 1.51. The summed E-state index contributed by atoms with van der Waals surface area (Å²) in [5.74, 6) is 0.421. The second-order valence-corrected chi connectivity index (χ2v) is 7.37. The average molecular weight is 436 g/mol. The topological polar surface area (TPSA) is 110 Å². The van der Waals surface area contributed by atoms with Crippen molar-refractivity contribution in [2.24, 2.45) is 0 Å². The third-order valence-electron chi connectivity index (χ3n) is 5.17. The highest BCUT2D eigenvalue weighted by Crippen LogP contribution is 2.34. The predicted octanol–water partition coefficient (Wildman–Crippen LogP) is 2.47. The summed E-state index contributed by atoms with van der Waals surface area (Å²) in [6, 6.07) is 10.5. The first-order valence-corrected chi connectivity index (χ1v) is 9.46. The molecule has 0 spiro atoms. The fourth-order valence-electron chi connectivity index (χ4n) is 3.59. The van der Waals surface area contributed by atoms with Crippen molar-refractivity contribution in [3.8, 4) is 11.4 Å². The van der Waals surface area contributed by atoms with Crippen LogP contribution in [0.1, 0.15) is 29.5 Å². The number of β-amino-alcohol motifs (C(OH)–C–C–N with tert-alkyl or cyclic N) is 1. The van der Waals surface area contributed by atoms with Crippen molar-refractivity contribution >= 4 is 5.69 Å². The van der Waals surface area contributed by atoms with E-state index in [9.17, 15) is 23.5 Å². The fourth-order valence-corrected chi connectivity index (χ4v) is 3.59. The van der Waals surface area contributed by atoms with Crippen LogP contribution in [0.4, 0.5) is 18.9 Å². The van der Waals surface area contributed by atoms with E-state index in [0.717, 1.165) is 17.7 Å². The van der Waals surface area contributed by atoms with Crippen LogP contribution in [0, 0.1) is 5.21 Å². The van der Waals surface area contributed by atoms with E-state index in [4.69, 9.17) is 9.73 Å². The summed E-state index contributed by atoms with van der Waals surface area (Å²) in [4.78, 5) is 6.26. The molecular formula is C20H19F3N4O4. The molecule has 8 nitrogen and oxygen atoms in total. The highest BCUT2D eigenvalue weighted by atomic mass is 19.4. The van der Waals surface area contributed by atoms with Gasteiger partial charge in [0, 0.05) is 30.8 Å². The Morgan fingerprint density at radius 1 is 1.13 bits per heavy atom. The van der Waals surface area contributed by atoms with Crippen LogP contribution in [-0.2, 0) is 12.7 Å². The van der Waals surface area contributed by atoms with Gasteiger partial charge in [0.25, 0.3) is 0 Å². The summed E-state index contributed by atoms with van der Waals surface area (Å²) in [7, 11) is 0. The third-order valence-corrected chi connectivity index (χ3v) is 5.17. The Morgan fingerprint density at radius 2 is 1.81 bits per heavy atom. The van der Waals surface area contributed by atoms with E-state index < -0.39 is 23.1 Å². The van der Waals surface area contributed by atoms with Crippen molar-refractivity contribution < 1.29 is 33.2 Å². The quantitative estimate of drug-likeness (QED) is 0.527. The molecule has 2 heterocycles. The van der Waals surface area contributed by atoms with Gasteiger partial charge in [-0.05, 0) is 24.1 Å². The maximum atomic E-state index is 12.7. The average Bonchev–Trinajstić information content (AvgIpc) is 3.34. The lowest BCUT2D eigenvalue weighted by Gasteiger charge is -2.21. The first-order valence-electron chi connectivity index (χ1n) is 9.46. The van der Waals surface area contributed by atoms with Crippen molar-refractivity contribution in [2.75, 3.05) is 6.54 Å². The van der Waals surface area contributed by atoms with E-state index in [1.807, 2.05) is 4.90 Å². The summed E-state index contributed by atoms with van der Waals surface area (Å²) < 4.78 is 43.6. The van der Waals surface area contributed by atoms with Gasteiger partial charge in [0.1, 0.15) is 0 Å². The number of aliphatic hydroxyl groups excluding tert-OH is 1. The van der Waals surface area contributed by atoms with Crippen LogP contribution in [0.3, 0.4) is 0 Å². The van der Waals surface area contributed by atoms with Crippen molar-refractivity contribution in [2.45, 2.75) is 31.3 Å². The van der Waals surface area contributed by atoms with Gasteiger partial charge in [-0.1, -0.05) is 29.4 Å². The molecule has 31 heavy (non-hydrogen) atoms. The molecular weight excluding hydrogens is 417 g/mol. The predicted molar refractivity (Wildman–Crippen MR) is 101 cm³/mol. The van der Waals surface area contributed by atoms with Crippen LogP contribution in [0.15, 0.2) is 53.1 Å². The lowest BCUT2D eigenvalue weighted by molar-refractivity contribution is -0.991.